The van der Waals surface area contributed by atoms with Gasteiger partial charge >= 0.3 is 0 Å². The number of carbonyl (C=O) groups is 2. The van der Waals surface area contributed by atoms with E-state index < -0.39 is 5.91 Å². The van der Waals surface area contributed by atoms with E-state index in [0.717, 1.165) is 5.56 Å². The lowest BCUT2D eigenvalue weighted by atomic mass is 10.2. The number of halogens is 2. The number of rotatable bonds is 5. The zero-order valence-corrected chi connectivity index (χ0v) is 18.5. The van der Waals surface area contributed by atoms with Gasteiger partial charge in [0.2, 0.25) is 0 Å². The molecule has 1 aliphatic heterocycles. The molecule has 0 spiro atoms. The zero-order chi connectivity index (χ0) is 22.5. The minimum Gasteiger partial charge on any atom is -0.457 e. The van der Waals surface area contributed by atoms with E-state index in [0.29, 0.717) is 53.4 Å². The topological polar surface area (TPSA) is 71.8 Å². The molecule has 6 nitrogen and oxygen atoms in total. The van der Waals surface area contributed by atoms with Gasteiger partial charge in [-0.25, -0.2) is 0 Å². The van der Waals surface area contributed by atoms with Gasteiger partial charge in [0.15, 0.2) is 0 Å². The number of hydrogen-bond donors (Lipinski definition) is 1. The first-order valence-electron chi connectivity index (χ1n) is 10.0. The summed E-state index contributed by atoms with van der Waals surface area (Å²) in [5.41, 5.74) is 1.35. The minimum atomic E-state index is -0.418. The fourth-order valence-corrected chi connectivity index (χ4v) is 3.48. The Morgan fingerprint density at radius 3 is 2.16 bits per heavy atom. The van der Waals surface area contributed by atoms with Crippen LogP contribution >= 0.6 is 23.2 Å². The van der Waals surface area contributed by atoms with Gasteiger partial charge in [0, 0.05) is 40.3 Å². The summed E-state index contributed by atoms with van der Waals surface area (Å²) in [4.78, 5) is 27.6. The number of amides is 2. The summed E-state index contributed by atoms with van der Waals surface area (Å²) >= 11 is 11.9. The number of furan rings is 1. The van der Waals surface area contributed by atoms with E-state index in [1.165, 1.54) is 6.08 Å². The highest BCUT2D eigenvalue weighted by Crippen LogP contribution is 2.25. The molecule has 2 heterocycles. The molecule has 0 unspecified atom stereocenters. The molecule has 0 saturated carbocycles. The number of nitrogens with zero attached hydrogens (tertiary/aromatic N) is 1. The summed E-state index contributed by atoms with van der Waals surface area (Å²) in [5, 5.41) is 3.87. The number of nitrogens with one attached hydrogen (secondary N) is 1. The second kappa shape index (κ2) is 10.0. The predicted molar refractivity (Wildman–Crippen MR) is 123 cm³/mol. The molecular weight excluding hydrogens is 451 g/mol. The maximum absolute atomic E-state index is 13.1. The van der Waals surface area contributed by atoms with Gasteiger partial charge in [-0.3, -0.25) is 9.59 Å². The molecule has 2 aromatic carbocycles. The molecular formula is C24H20Cl2N2O4. The van der Waals surface area contributed by atoms with Crippen molar-refractivity contribution in [1.82, 2.24) is 10.2 Å². The number of benzene rings is 2. The van der Waals surface area contributed by atoms with Gasteiger partial charge < -0.3 is 19.4 Å². The fourth-order valence-electron chi connectivity index (χ4n) is 3.23. The lowest BCUT2D eigenvalue weighted by molar-refractivity contribution is -0.131. The smallest absolute Gasteiger partial charge is 0.270 e. The summed E-state index contributed by atoms with van der Waals surface area (Å²) in [6, 6.07) is 17.2. The molecule has 2 amide bonds. The van der Waals surface area contributed by atoms with Crippen LogP contribution in [-0.4, -0.2) is 43.0 Å². The largest absolute Gasteiger partial charge is 0.457 e. The Balaban J connectivity index is 1.61. The third-order valence-electron chi connectivity index (χ3n) is 4.93. The lowest BCUT2D eigenvalue weighted by Gasteiger charge is -2.27. The van der Waals surface area contributed by atoms with Crippen LogP contribution < -0.4 is 5.32 Å². The van der Waals surface area contributed by atoms with E-state index in [9.17, 15) is 9.59 Å². The van der Waals surface area contributed by atoms with E-state index in [-0.39, 0.29) is 11.6 Å². The molecule has 3 aromatic rings. The van der Waals surface area contributed by atoms with Gasteiger partial charge in [-0.2, -0.15) is 0 Å². The molecule has 1 N–H and O–H groups in total. The Labute approximate surface area is 195 Å². The van der Waals surface area contributed by atoms with Crippen molar-refractivity contribution in [2.75, 3.05) is 26.3 Å². The van der Waals surface area contributed by atoms with Crippen LogP contribution in [0.1, 0.15) is 16.1 Å². The Kier molecular flexibility index (Phi) is 6.95. The van der Waals surface area contributed by atoms with Crippen LogP contribution in [0.15, 0.2) is 70.8 Å². The van der Waals surface area contributed by atoms with Crippen LogP contribution in [0.5, 0.6) is 0 Å². The fraction of sp³-hybridized carbons (Fsp3) is 0.167. The summed E-state index contributed by atoms with van der Waals surface area (Å²) in [7, 11) is 0. The van der Waals surface area contributed by atoms with Crippen molar-refractivity contribution in [3.8, 4) is 11.3 Å². The van der Waals surface area contributed by atoms with Crippen LogP contribution in [0, 0.1) is 0 Å². The highest BCUT2D eigenvalue weighted by Gasteiger charge is 2.23. The maximum atomic E-state index is 13.1. The van der Waals surface area contributed by atoms with Gasteiger partial charge in [0.1, 0.15) is 17.2 Å². The molecule has 1 aliphatic rings. The van der Waals surface area contributed by atoms with Crippen LogP contribution in [0.4, 0.5) is 0 Å². The number of morpholine rings is 1. The van der Waals surface area contributed by atoms with Crippen molar-refractivity contribution < 1.29 is 18.7 Å². The lowest BCUT2D eigenvalue weighted by Crippen LogP contribution is -2.44. The molecule has 0 atom stereocenters. The summed E-state index contributed by atoms with van der Waals surface area (Å²) < 4.78 is 11.2. The third-order valence-corrected chi connectivity index (χ3v) is 5.43. The van der Waals surface area contributed by atoms with Crippen molar-refractivity contribution in [2.24, 2.45) is 0 Å². The summed E-state index contributed by atoms with van der Waals surface area (Å²) in [5.74, 6) is 0.331. The quantitative estimate of drug-likeness (QED) is 0.539. The Hall–Kier alpha value is -3.06. The normalized spacial score (nSPS) is 14.3. The first-order chi connectivity index (χ1) is 15.5. The van der Waals surface area contributed by atoms with Crippen molar-refractivity contribution in [3.05, 3.63) is 87.7 Å². The van der Waals surface area contributed by atoms with E-state index in [4.69, 9.17) is 32.4 Å². The van der Waals surface area contributed by atoms with E-state index in [1.807, 2.05) is 12.1 Å². The standard InChI is InChI=1S/C24H20Cl2N2O4/c25-18-5-1-16(2-6-18)22-10-9-20(32-22)15-21(24(30)28-11-13-31-14-12-28)27-23(29)17-3-7-19(26)8-4-17/h1-10,15H,11-14H2,(H,27,29)/b21-15-. The first-order valence-corrected chi connectivity index (χ1v) is 10.8. The van der Waals surface area contributed by atoms with E-state index in [1.54, 1.807) is 53.4 Å². The Morgan fingerprint density at radius 1 is 0.875 bits per heavy atom. The average Bonchev–Trinajstić information content (AvgIpc) is 3.28. The van der Waals surface area contributed by atoms with Crippen LogP contribution in [-0.2, 0) is 9.53 Å². The van der Waals surface area contributed by atoms with Crippen molar-refractivity contribution in [3.63, 3.8) is 0 Å². The summed E-state index contributed by atoms with van der Waals surface area (Å²) in [6.45, 7) is 1.79. The molecule has 0 aliphatic carbocycles. The van der Waals surface area contributed by atoms with Crippen LogP contribution in [0.2, 0.25) is 10.0 Å². The highest BCUT2D eigenvalue weighted by molar-refractivity contribution is 6.31. The third kappa shape index (κ3) is 5.40. The molecule has 32 heavy (non-hydrogen) atoms. The molecule has 1 fully saturated rings. The molecule has 8 heteroatoms. The minimum absolute atomic E-state index is 0.115. The number of carbonyl (C=O) groups excluding carboxylic acids is 2. The van der Waals surface area contributed by atoms with Gasteiger partial charge in [-0.05, 0) is 60.7 Å². The molecule has 4 rings (SSSR count). The average molecular weight is 471 g/mol. The van der Waals surface area contributed by atoms with Crippen LogP contribution in [0.3, 0.4) is 0 Å². The van der Waals surface area contributed by atoms with Crippen molar-refractivity contribution in [1.29, 1.82) is 0 Å². The van der Waals surface area contributed by atoms with Gasteiger partial charge in [-0.15, -0.1) is 0 Å². The molecule has 0 radical (unpaired) electrons. The molecule has 0 bridgehead atoms. The molecule has 1 aromatic heterocycles. The van der Waals surface area contributed by atoms with Gasteiger partial charge in [0.05, 0.1) is 13.2 Å². The van der Waals surface area contributed by atoms with Crippen molar-refractivity contribution >= 4 is 41.1 Å². The number of hydrogen-bond acceptors (Lipinski definition) is 4. The molecule has 164 valence electrons. The monoisotopic (exact) mass is 470 g/mol. The van der Waals surface area contributed by atoms with E-state index >= 15 is 0 Å². The molecule has 1 saturated heterocycles. The maximum Gasteiger partial charge on any atom is 0.270 e. The van der Waals surface area contributed by atoms with E-state index in [2.05, 4.69) is 5.32 Å². The second-order valence-corrected chi connectivity index (χ2v) is 8.01. The first kappa shape index (κ1) is 22.1. The van der Waals surface area contributed by atoms with Gasteiger partial charge in [0.25, 0.3) is 11.8 Å². The number of ether oxygens (including phenoxy) is 1. The zero-order valence-electron chi connectivity index (χ0n) is 17.0. The summed E-state index contributed by atoms with van der Waals surface area (Å²) in [6.07, 6.45) is 1.53. The van der Waals surface area contributed by atoms with Gasteiger partial charge in [-0.1, -0.05) is 23.2 Å². The highest BCUT2D eigenvalue weighted by atomic mass is 35.5. The predicted octanol–water partition coefficient (Wildman–Crippen LogP) is 4.88. The SMILES string of the molecule is O=C(N/C(=C\c1ccc(-c2ccc(Cl)cc2)o1)C(=O)N1CCOCC1)c1ccc(Cl)cc1. The van der Waals surface area contributed by atoms with Crippen molar-refractivity contribution in [2.45, 2.75) is 0 Å². The Bertz CT molecular complexity index is 1130. The van der Waals surface area contributed by atoms with Crippen LogP contribution in [0.25, 0.3) is 17.4 Å². The Morgan fingerprint density at radius 2 is 1.50 bits per heavy atom. The second-order valence-electron chi connectivity index (χ2n) is 7.13.